The molecule has 0 saturated heterocycles. The molecule has 0 aliphatic carbocycles. The van der Waals surface area contributed by atoms with Crippen molar-refractivity contribution in [2.45, 2.75) is 6.92 Å². The first-order valence-electron chi connectivity index (χ1n) is 4.76. The van der Waals surface area contributed by atoms with Gasteiger partial charge in [0, 0.05) is 19.7 Å². The van der Waals surface area contributed by atoms with Crippen LogP contribution in [0.3, 0.4) is 0 Å². The van der Waals surface area contributed by atoms with E-state index < -0.39 is 5.82 Å². The van der Waals surface area contributed by atoms with Crippen LogP contribution < -0.4 is 5.32 Å². The molecule has 0 unspecified atom stereocenters. The largest absolute Gasteiger partial charge is 0.337 e. The normalized spacial score (nSPS) is 9.69. The summed E-state index contributed by atoms with van der Waals surface area (Å²) in [5, 5.41) is 2.50. The van der Waals surface area contributed by atoms with Gasteiger partial charge in [0.2, 0.25) is 11.8 Å². The fourth-order valence-electron chi connectivity index (χ4n) is 1.09. The van der Waals surface area contributed by atoms with Crippen LogP contribution in [0.25, 0.3) is 0 Å². The van der Waals surface area contributed by atoms with Crippen molar-refractivity contribution in [2.75, 3.05) is 18.9 Å². The van der Waals surface area contributed by atoms with E-state index in [1.165, 1.54) is 37.1 Å². The highest BCUT2D eigenvalue weighted by molar-refractivity contribution is 5.94. The number of benzene rings is 1. The number of carbonyl (C=O) groups is 2. The predicted octanol–water partition coefficient (Wildman–Crippen LogP) is 1.24. The van der Waals surface area contributed by atoms with Crippen molar-refractivity contribution in [1.29, 1.82) is 0 Å². The Morgan fingerprint density at radius 2 is 2.12 bits per heavy atom. The monoisotopic (exact) mass is 224 g/mol. The average Bonchev–Trinajstić information content (AvgIpc) is 2.16. The van der Waals surface area contributed by atoms with Gasteiger partial charge in [-0.3, -0.25) is 9.59 Å². The first-order valence-corrected chi connectivity index (χ1v) is 4.76. The standard InChI is InChI=1S/C11H13FN2O2/c1-8(15)14(2)7-11(16)13-10-5-3-4-9(12)6-10/h3-6H,7H2,1-2H3,(H,13,16). The number of nitrogens with zero attached hydrogens (tertiary/aromatic N) is 1. The van der Waals surface area contributed by atoms with Crippen LogP contribution in [0.1, 0.15) is 6.92 Å². The van der Waals surface area contributed by atoms with Gasteiger partial charge >= 0.3 is 0 Å². The molecule has 86 valence electrons. The van der Waals surface area contributed by atoms with E-state index in [4.69, 9.17) is 0 Å². The molecule has 0 aliphatic rings. The van der Waals surface area contributed by atoms with Crippen LogP contribution in [0, 0.1) is 5.82 Å². The minimum atomic E-state index is -0.419. The van der Waals surface area contributed by atoms with Crippen LogP contribution in [0.2, 0.25) is 0 Å². The molecule has 0 heterocycles. The molecular formula is C11H13FN2O2. The Kier molecular flexibility index (Phi) is 3.99. The first kappa shape index (κ1) is 12.2. The molecule has 2 amide bonds. The fourth-order valence-corrected chi connectivity index (χ4v) is 1.09. The maximum atomic E-state index is 12.8. The third kappa shape index (κ3) is 3.68. The molecule has 1 N–H and O–H groups in total. The zero-order valence-corrected chi connectivity index (χ0v) is 9.16. The van der Waals surface area contributed by atoms with Crippen molar-refractivity contribution < 1.29 is 14.0 Å². The molecule has 16 heavy (non-hydrogen) atoms. The smallest absolute Gasteiger partial charge is 0.243 e. The molecule has 1 aromatic rings. The summed E-state index contributed by atoms with van der Waals surface area (Å²) in [6.07, 6.45) is 0. The van der Waals surface area contributed by atoms with Crippen molar-refractivity contribution in [2.24, 2.45) is 0 Å². The molecule has 4 nitrogen and oxygen atoms in total. The lowest BCUT2D eigenvalue weighted by molar-refractivity contribution is -0.131. The summed E-state index contributed by atoms with van der Waals surface area (Å²) in [4.78, 5) is 23.6. The van der Waals surface area contributed by atoms with Crippen molar-refractivity contribution in [1.82, 2.24) is 4.90 Å². The summed E-state index contributed by atoms with van der Waals surface area (Å²) in [5.74, 6) is -0.976. The van der Waals surface area contributed by atoms with E-state index in [1.807, 2.05) is 0 Å². The van der Waals surface area contributed by atoms with E-state index in [9.17, 15) is 14.0 Å². The second-order valence-electron chi connectivity index (χ2n) is 3.43. The Hall–Kier alpha value is -1.91. The molecule has 0 aliphatic heterocycles. The SMILES string of the molecule is CC(=O)N(C)CC(=O)Nc1cccc(F)c1. The zero-order valence-electron chi connectivity index (χ0n) is 9.16. The van der Waals surface area contributed by atoms with Crippen LogP contribution in [-0.4, -0.2) is 30.3 Å². The molecular weight excluding hydrogens is 211 g/mol. The van der Waals surface area contributed by atoms with Gasteiger partial charge in [-0.25, -0.2) is 4.39 Å². The van der Waals surface area contributed by atoms with Crippen LogP contribution in [-0.2, 0) is 9.59 Å². The molecule has 0 spiro atoms. The number of hydrogen-bond acceptors (Lipinski definition) is 2. The molecule has 0 radical (unpaired) electrons. The Morgan fingerprint density at radius 3 is 2.69 bits per heavy atom. The lowest BCUT2D eigenvalue weighted by atomic mass is 10.3. The maximum absolute atomic E-state index is 12.8. The van der Waals surface area contributed by atoms with Crippen LogP contribution in [0.15, 0.2) is 24.3 Å². The van der Waals surface area contributed by atoms with Gasteiger partial charge in [-0.15, -0.1) is 0 Å². The van der Waals surface area contributed by atoms with Gasteiger partial charge in [-0.05, 0) is 18.2 Å². The lowest BCUT2D eigenvalue weighted by Gasteiger charge is -2.14. The lowest BCUT2D eigenvalue weighted by Crippen LogP contribution is -2.33. The number of amides is 2. The minimum Gasteiger partial charge on any atom is -0.337 e. The number of likely N-dealkylation sites (N-methyl/N-ethyl adjacent to an activating group) is 1. The quantitative estimate of drug-likeness (QED) is 0.839. The van der Waals surface area contributed by atoms with Gasteiger partial charge in [0.05, 0.1) is 6.54 Å². The number of carbonyl (C=O) groups excluding carboxylic acids is 2. The number of rotatable bonds is 3. The Labute approximate surface area is 93.1 Å². The van der Waals surface area contributed by atoms with E-state index in [1.54, 1.807) is 6.07 Å². The number of nitrogens with one attached hydrogen (secondary N) is 1. The van der Waals surface area contributed by atoms with Crippen LogP contribution >= 0.6 is 0 Å². The van der Waals surface area contributed by atoms with E-state index in [0.29, 0.717) is 5.69 Å². The van der Waals surface area contributed by atoms with Gasteiger partial charge in [-0.2, -0.15) is 0 Å². The predicted molar refractivity (Wildman–Crippen MR) is 58.3 cm³/mol. The topological polar surface area (TPSA) is 49.4 Å². The Bertz CT molecular complexity index is 407. The van der Waals surface area contributed by atoms with Crippen molar-refractivity contribution >= 4 is 17.5 Å². The summed E-state index contributed by atoms with van der Waals surface area (Å²) in [7, 11) is 1.52. The molecule has 0 atom stereocenters. The average molecular weight is 224 g/mol. The van der Waals surface area contributed by atoms with E-state index >= 15 is 0 Å². The van der Waals surface area contributed by atoms with Gasteiger partial charge in [0.15, 0.2) is 0 Å². The fraction of sp³-hybridized carbons (Fsp3) is 0.273. The summed E-state index contributed by atoms with van der Waals surface area (Å²) in [5.41, 5.74) is 0.377. The van der Waals surface area contributed by atoms with Gasteiger partial charge in [-0.1, -0.05) is 6.07 Å². The van der Waals surface area contributed by atoms with Gasteiger partial charge < -0.3 is 10.2 Å². The van der Waals surface area contributed by atoms with Crippen molar-refractivity contribution in [3.05, 3.63) is 30.1 Å². The second-order valence-corrected chi connectivity index (χ2v) is 3.43. The van der Waals surface area contributed by atoms with E-state index in [2.05, 4.69) is 5.32 Å². The van der Waals surface area contributed by atoms with Crippen LogP contribution in [0.5, 0.6) is 0 Å². The van der Waals surface area contributed by atoms with Crippen molar-refractivity contribution in [3.63, 3.8) is 0 Å². The highest BCUT2D eigenvalue weighted by Gasteiger charge is 2.08. The molecule has 0 fully saturated rings. The molecule has 0 saturated carbocycles. The van der Waals surface area contributed by atoms with Crippen molar-refractivity contribution in [3.8, 4) is 0 Å². The molecule has 0 aromatic heterocycles. The Morgan fingerprint density at radius 1 is 1.44 bits per heavy atom. The van der Waals surface area contributed by atoms with E-state index in [0.717, 1.165) is 0 Å². The highest BCUT2D eigenvalue weighted by atomic mass is 19.1. The molecule has 5 heteroatoms. The summed E-state index contributed by atoms with van der Waals surface area (Å²) in [6.45, 7) is 1.32. The molecule has 1 aromatic carbocycles. The molecule has 1 rings (SSSR count). The first-order chi connectivity index (χ1) is 7.49. The Balaban J connectivity index is 2.55. The minimum absolute atomic E-state index is 0.0498. The number of hydrogen-bond donors (Lipinski definition) is 1. The number of halogens is 1. The van der Waals surface area contributed by atoms with Gasteiger partial charge in [0.25, 0.3) is 0 Å². The molecule has 0 bridgehead atoms. The zero-order chi connectivity index (χ0) is 12.1. The third-order valence-corrected chi connectivity index (χ3v) is 2.03. The summed E-state index contributed by atoms with van der Waals surface area (Å²) >= 11 is 0. The summed E-state index contributed by atoms with van der Waals surface area (Å²) in [6, 6.07) is 5.58. The third-order valence-electron chi connectivity index (χ3n) is 2.03. The van der Waals surface area contributed by atoms with Gasteiger partial charge in [0.1, 0.15) is 5.82 Å². The summed E-state index contributed by atoms with van der Waals surface area (Å²) < 4.78 is 12.8. The number of anilines is 1. The van der Waals surface area contributed by atoms with E-state index in [-0.39, 0.29) is 18.4 Å². The van der Waals surface area contributed by atoms with Crippen LogP contribution in [0.4, 0.5) is 10.1 Å². The highest BCUT2D eigenvalue weighted by Crippen LogP contribution is 2.08. The maximum Gasteiger partial charge on any atom is 0.243 e. The second kappa shape index (κ2) is 5.25.